The molecular formula is C5H14Si2. The Bertz CT molecular complexity index is 70.1. The molecule has 0 unspecified atom stereocenters. The van der Waals surface area contributed by atoms with Gasteiger partial charge in [-0.25, -0.2) is 0 Å². The molecule has 2 heteroatoms. The summed E-state index contributed by atoms with van der Waals surface area (Å²) in [7, 11) is -0.306. The second kappa shape index (κ2) is 3.32. The molecule has 0 fully saturated rings. The molecule has 0 aromatic carbocycles. The summed E-state index contributed by atoms with van der Waals surface area (Å²) in [6.07, 6.45) is 0. The summed E-state index contributed by atoms with van der Waals surface area (Å²) < 4.78 is 0. The smallest absolute Gasteiger partial charge is 0.0501 e. The van der Waals surface area contributed by atoms with E-state index in [1.807, 2.05) is 0 Å². The van der Waals surface area contributed by atoms with Gasteiger partial charge in [0.25, 0.3) is 0 Å². The van der Waals surface area contributed by atoms with Crippen LogP contribution >= 0.6 is 0 Å². The summed E-state index contributed by atoms with van der Waals surface area (Å²) in [5, 5.41) is 2.57. The minimum Gasteiger partial charge on any atom is -0.117 e. The zero-order valence-corrected chi connectivity index (χ0v) is 7.81. The van der Waals surface area contributed by atoms with Crippen molar-refractivity contribution >= 4 is 22.5 Å². The van der Waals surface area contributed by atoms with E-state index in [9.17, 15) is 0 Å². The van der Waals surface area contributed by atoms with Crippen molar-refractivity contribution in [3.63, 3.8) is 0 Å². The lowest BCUT2D eigenvalue weighted by molar-refractivity contribution is 2.07. The molecule has 0 heterocycles. The molecule has 0 aliphatic carbocycles. The minimum atomic E-state index is -0.308. The first-order valence-corrected chi connectivity index (χ1v) is 8.33. The molecule has 0 amide bonds. The van der Waals surface area contributed by atoms with Crippen molar-refractivity contribution < 1.29 is 0 Å². The van der Waals surface area contributed by atoms with Gasteiger partial charge in [0.15, 0.2) is 0 Å². The van der Waals surface area contributed by atoms with Crippen molar-refractivity contribution in [3.8, 4) is 0 Å². The highest BCUT2D eigenvalue weighted by Crippen LogP contribution is 1.71. The lowest BCUT2D eigenvalue weighted by atomic mass is 11.8. The first-order chi connectivity index (χ1) is 3.13. The molecule has 0 aromatic heterocycles. The van der Waals surface area contributed by atoms with Gasteiger partial charge in [0.05, 0.1) is 8.80 Å². The lowest BCUT2D eigenvalue weighted by Crippen LogP contribution is -2.08. The Kier molecular flexibility index (Phi) is 3.47. The molecule has 0 atom stereocenters. The molecule has 0 aliphatic heterocycles. The maximum atomic E-state index is 2.57. The standard InChI is InChI=1S/C5H14Si2/c1-6(2)5-7(3)4/h5-6H,1-4H3. The zero-order chi connectivity index (χ0) is 5.86. The highest BCUT2D eigenvalue weighted by Gasteiger charge is 1.85. The van der Waals surface area contributed by atoms with E-state index in [1.165, 1.54) is 0 Å². The molecule has 0 aliphatic rings. The van der Waals surface area contributed by atoms with Gasteiger partial charge in [0.2, 0.25) is 0 Å². The monoisotopic (exact) mass is 130 g/mol. The van der Waals surface area contributed by atoms with Gasteiger partial charge in [-0.1, -0.05) is 26.2 Å². The molecule has 0 nitrogen and oxygen atoms in total. The fraction of sp³-hybridized carbons (Fsp3) is 0.800. The molecule has 0 aromatic rings. The molecule has 0 saturated carbocycles. The summed E-state index contributed by atoms with van der Waals surface area (Å²) >= 11 is 0. The van der Waals surface area contributed by atoms with Crippen LogP contribution in [0.5, 0.6) is 0 Å². The Hall–Kier alpha value is 0.304. The molecule has 0 rings (SSSR count). The average Bonchev–Trinajstić information content (AvgIpc) is 1.27. The molecule has 0 bridgehead atoms. The van der Waals surface area contributed by atoms with Crippen LogP contribution in [-0.2, 0) is 0 Å². The first-order valence-electron chi connectivity index (χ1n) is 2.78. The Labute approximate surface area is 49.4 Å². The third kappa shape index (κ3) is 6.30. The maximum Gasteiger partial charge on any atom is 0.0501 e. The molecule has 7 heavy (non-hydrogen) atoms. The summed E-state index contributed by atoms with van der Waals surface area (Å²) in [6.45, 7) is 9.44. The van der Waals surface area contributed by atoms with E-state index >= 15 is 0 Å². The van der Waals surface area contributed by atoms with E-state index in [4.69, 9.17) is 0 Å². The van der Waals surface area contributed by atoms with Gasteiger partial charge in [-0.3, -0.25) is 0 Å². The van der Waals surface area contributed by atoms with Crippen LogP contribution in [0.3, 0.4) is 0 Å². The zero-order valence-electron chi connectivity index (χ0n) is 5.65. The molecule has 0 radical (unpaired) electrons. The maximum absolute atomic E-state index is 2.57. The van der Waals surface area contributed by atoms with E-state index in [-0.39, 0.29) is 17.2 Å². The molecule has 0 spiro atoms. The van der Waals surface area contributed by atoms with Crippen LogP contribution < -0.4 is 0 Å². The Balaban J connectivity index is 3.45. The van der Waals surface area contributed by atoms with Crippen molar-refractivity contribution in [2.24, 2.45) is 0 Å². The van der Waals surface area contributed by atoms with Gasteiger partial charge in [0.1, 0.15) is 0 Å². The van der Waals surface area contributed by atoms with Crippen LogP contribution in [0.4, 0.5) is 0 Å². The second-order valence-electron chi connectivity index (χ2n) is 2.49. The van der Waals surface area contributed by atoms with Crippen LogP contribution in [0.1, 0.15) is 0 Å². The molecular weight excluding hydrogens is 116 g/mol. The fourth-order valence-electron chi connectivity index (χ4n) is 0.667. The highest BCUT2D eigenvalue weighted by atomic mass is 28.3. The van der Waals surface area contributed by atoms with Gasteiger partial charge in [-0.2, -0.15) is 0 Å². The van der Waals surface area contributed by atoms with E-state index < -0.39 is 0 Å². The summed E-state index contributed by atoms with van der Waals surface area (Å²) in [6, 6.07) is 0. The third-order valence-corrected chi connectivity index (χ3v) is 6.00. The van der Waals surface area contributed by atoms with Gasteiger partial charge in [0, 0.05) is 0 Å². The van der Waals surface area contributed by atoms with Crippen LogP contribution in [0.25, 0.3) is 0 Å². The molecule has 42 valence electrons. The largest absolute Gasteiger partial charge is 0.117 e. The summed E-state index contributed by atoms with van der Waals surface area (Å²) in [5.41, 5.74) is 0. The fourth-order valence-corrected chi connectivity index (χ4v) is 6.00. The third-order valence-electron chi connectivity index (χ3n) is 0.667. The number of hydrogen-bond acceptors (Lipinski definition) is 0. The molecule has 0 N–H and O–H groups in total. The quantitative estimate of drug-likeness (QED) is 0.467. The number of rotatable bonds is 1. The van der Waals surface area contributed by atoms with Crippen molar-refractivity contribution in [1.29, 1.82) is 0 Å². The van der Waals surface area contributed by atoms with Crippen molar-refractivity contribution in [1.82, 2.24) is 0 Å². The normalized spacial score (nSPS) is 9.29. The van der Waals surface area contributed by atoms with Crippen LogP contribution in [0, 0.1) is 0 Å². The second-order valence-corrected chi connectivity index (χ2v) is 8.46. The van der Waals surface area contributed by atoms with Crippen molar-refractivity contribution in [2.45, 2.75) is 26.2 Å². The van der Waals surface area contributed by atoms with E-state index in [2.05, 4.69) is 31.5 Å². The Morgan fingerprint density at radius 2 is 1.71 bits per heavy atom. The SMILES string of the molecule is C[Si](C)=C[SiH](C)C. The molecule has 0 saturated heterocycles. The van der Waals surface area contributed by atoms with Gasteiger partial charge in [-0.05, 0) is 8.41 Å². The topological polar surface area (TPSA) is 0 Å². The summed E-state index contributed by atoms with van der Waals surface area (Å²) in [5.74, 6) is 0. The predicted molar refractivity (Wildman–Crippen MR) is 42.4 cm³/mol. The van der Waals surface area contributed by atoms with E-state index in [0.717, 1.165) is 0 Å². The van der Waals surface area contributed by atoms with Crippen LogP contribution in [0.15, 0.2) is 0 Å². The van der Waals surface area contributed by atoms with E-state index in [0.29, 0.717) is 0 Å². The van der Waals surface area contributed by atoms with Gasteiger partial charge >= 0.3 is 0 Å². The average molecular weight is 130 g/mol. The minimum absolute atomic E-state index is 0.00257. The van der Waals surface area contributed by atoms with Crippen molar-refractivity contribution in [3.05, 3.63) is 0 Å². The van der Waals surface area contributed by atoms with Crippen LogP contribution in [-0.4, -0.2) is 22.5 Å². The lowest BCUT2D eigenvalue weighted by Gasteiger charge is -1.90. The van der Waals surface area contributed by atoms with Gasteiger partial charge < -0.3 is 0 Å². The van der Waals surface area contributed by atoms with Gasteiger partial charge in [-0.15, -0.1) is 5.30 Å². The summed E-state index contributed by atoms with van der Waals surface area (Å²) in [4.78, 5) is 0. The first kappa shape index (κ1) is 7.30. The van der Waals surface area contributed by atoms with Crippen LogP contribution in [0.2, 0.25) is 26.2 Å². The highest BCUT2D eigenvalue weighted by molar-refractivity contribution is 6.98. The Morgan fingerprint density at radius 1 is 1.29 bits per heavy atom. The Morgan fingerprint density at radius 3 is 1.71 bits per heavy atom. The van der Waals surface area contributed by atoms with Crippen molar-refractivity contribution in [2.75, 3.05) is 0 Å². The van der Waals surface area contributed by atoms with E-state index in [1.54, 1.807) is 0 Å². The number of hydrogen-bond donors (Lipinski definition) is 0. The predicted octanol–water partition coefficient (Wildman–Crippen LogP) is 1.15.